The quantitative estimate of drug-likeness (QED) is 0.573. The van der Waals surface area contributed by atoms with Crippen molar-refractivity contribution in [3.63, 3.8) is 0 Å². The van der Waals surface area contributed by atoms with E-state index >= 15 is 0 Å². The Morgan fingerprint density at radius 2 is 2.29 bits per heavy atom. The summed E-state index contributed by atoms with van der Waals surface area (Å²) in [5.74, 6) is 0. The number of hydrogen-bond acceptors (Lipinski definition) is 5. The number of piperazine rings is 1. The lowest BCUT2D eigenvalue weighted by molar-refractivity contribution is 0.199. The SMILES string of the molecule is N#CC1=NC=CN[C@@H]1N1CCNCC1. The lowest BCUT2D eigenvalue weighted by Gasteiger charge is -2.34. The molecule has 0 radical (unpaired) electrons. The molecule has 0 amide bonds. The maximum atomic E-state index is 8.90. The van der Waals surface area contributed by atoms with Crippen molar-refractivity contribution < 1.29 is 0 Å². The molecule has 5 nitrogen and oxygen atoms in total. The van der Waals surface area contributed by atoms with E-state index in [2.05, 4.69) is 26.6 Å². The van der Waals surface area contributed by atoms with Crippen LogP contribution in [0.4, 0.5) is 0 Å². The molecule has 14 heavy (non-hydrogen) atoms. The van der Waals surface area contributed by atoms with Crippen molar-refractivity contribution in [2.75, 3.05) is 26.2 Å². The molecule has 1 atom stereocenters. The Balaban J connectivity index is 2.06. The predicted molar refractivity (Wildman–Crippen MR) is 53.6 cm³/mol. The fourth-order valence-electron chi connectivity index (χ4n) is 1.71. The van der Waals surface area contributed by atoms with Crippen LogP contribution in [0.1, 0.15) is 0 Å². The van der Waals surface area contributed by atoms with E-state index in [4.69, 9.17) is 5.26 Å². The van der Waals surface area contributed by atoms with Crippen LogP contribution >= 0.6 is 0 Å². The minimum atomic E-state index is -0.0351. The average molecular weight is 191 g/mol. The Morgan fingerprint density at radius 3 is 3.00 bits per heavy atom. The minimum absolute atomic E-state index is 0.0351. The highest BCUT2D eigenvalue weighted by Gasteiger charge is 2.25. The van der Waals surface area contributed by atoms with Gasteiger partial charge in [0.15, 0.2) is 5.71 Å². The van der Waals surface area contributed by atoms with Crippen molar-refractivity contribution in [1.82, 2.24) is 15.5 Å². The molecule has 2 aliphatic heterocycles. The van der Waals surface area contributed by atoms with Crippen LogP contribution in [0.25, 0.3) is 0 Å². The van der Waals surface area contributed by atoms with E-state index in [-0.39, 0.29) is 6.17 Å². The molecule has 5 heteroatoms. The maximum Gasteiger partial charge on any atom is 0.154 e. The Kier molecular flexibility index (Phi) is 2.77. The molecule has 0 spiro atoms. The van der Waals surface area contributed by atoms with Gasteiger partial charge in [-0.25, -0.2) is 4.99 Å². The van der Waals surface area contributed by atoms with Crippen molar-refractivity contribution in [3.8, 4) is 6.07 Å². The summed E-state index contributed by atoms with van der Waals surface area (Å²) in [6.45, 7) is 3.85. The Labute approximate surface area is 83.1 Å². The molecule has 0 aromatic rings. The number of aliphatic imine (C=N–C) groups is 1. The molecule has 74 valence electrons. The summed E-state index contributed by atoms with van der Waals surface area (Å²) < 4.78 is 0. The van der Waals surface area contributed by atoms with Gasteiger partial charge in [-0.15, -0.1) is 0 Å². The van der Waals surface area contributed by atoms with Crippen LogP contribution in [0.15, 0.2) is 17.4 Å². The number of rotatable bonds is 1. The topological polar surface area (TPSA) is 63.5 Å². The third-order valence-electron chi connectivity index (χ3n) is 2.43. The lowest BCUT2D eigenvalue weighted by atomic mass is 10.2. The molecule has 2 heterocycles. The van der Waals surface area contributed by atoms with E-state index in [9.17, 15) is 0 Å². The van der Waals surface area contributed by atoms with Gasteiger partial charge in [-0.05, 0) is 0 Å². The molecule has 0 bridgehead atoms. The van der Waals surface area contributed by atoms with Gasteiger partial charge < -0.3 is 10.6 Å². The zero-order valence-electron chi connectivity index (χ0n) is 7.90. The van der Waals surface area contributed by atoms with Gasteiger partial charge in [0, 0.05) is 38.6 Å². The Hall–Kier alpha value is -1.38. The van der Waals surface area contributed by atoms with Gasteiger partial charge in [-0.3, -0.25) is 4.90 Å². The summed E-state index contributed by atoms with van der Waals surface area (Å²) in [4.78, 5) is 6.28. The van der Waals surface area contributed by atoms with E-state index in [1.807, 2.05) is 0 Å². The summed E-state index contributed by atoms with van der Waals surface area (Å²) in [7, 11) is 0. The van der Waals surface area contributed by atoms with E-state index in [1.165, 1.54) is 0 Å². The van der Waals surface area contributed by atoms with E-state index in [1.54, 1.807) is 12.4 Å². The number of hydrogen-bond donors (Lipinski definition) is 2. The van der Waals surface area contributed by atoms with E-state index in [0.29, 0.717) is 5.71 Å². The first-order valence-corrected chi connectivity index (χ1v) is 4.75. The fraction of sp³-hybridized carbons (Fsp3) is 0.556. The van der Waals surface area contributed by atoms with E-state index in [0.717, 1.165) is 26.2 Å². The molecule has 0 unspecified atom stereocenters. The van der Waals surface area contributed by atoms with Crippen LogP contribution in [0.3, 0.4) is 0 Å². The van der Waals surface area contributed by atoms with Crippen LogP contribution in [-0.2, 0) is 0 Å². The summed E-state index contributed by atoms with van der Waals surface area (Å²) in [6.07, 6.45) is 3.37. The fourth-order valence-corrected chi connectivity index (χ4v) is 1.71. The van der Waals surface area contributed by atoms with Crippen LogP contribution in [-0.4, -0.2) is 43.0 Å². The third-order valence-corrected chi connectivity index (χ3v) is 2.43. The van der Waals surface area contributed by atoms with Crippen molar-refractivity contribution in [3.05, 3.63) is 12.4 Å². The van der Waals surface area contributed by atoms with Crippen molar-refractivity contribution in [2.24, 2.45) is 4.99 Å². The second-order valence-corrected chi connectivity index (χ2v) is 3.30. The minimum Gasteiger partial charge on any atom is -0.369 e. The van der Waals surface area contributed by atoms with Crippen molar-refractivity contribution >= 4 is 5.71 Å². The average Bonchev–Trinajstić information content (AvgIpc) is 2.30. The van der Waals surface area contributed by atoms with Crippen LogP contribution in [0.2, 0.25) is 0 Å². The monoisotopic (exact) mass is 191 g/mol. The van der Waals surface area contributed by atoms with Gasteiger partial charge in [-0.1, -0.05) is 0 Å². The predicted octanol–water partition coefficient (Wildman–Crippen LogP) is -0.743. The molecular weight excluding hydrogens is 178 g/mol. The highest BCUT2D eigenvalue weighted by atomic mass is 15.3. The van der Waals surface area contributed by atoms with Crippen molar-refractivity contribution in [2.45, 2.75) is 6.17 Å². The summed E-state index contributed by atoms with van der Waals surface area (Å²) in [5.41, 5.74) is 0.550. The highest BCUT2D eigenvalue weighted by Crippen LogP contribution is 2.04. The highest BCUT2D eigenvalue weighted by molar-refractivity contribution is 6.03. The van der Waals surface area contributed by atoms with Gasteiger partial charge in [0.1, 0.15) is 12.2 Å². The second kappa shape index (κ2) is 4.22. The molecule has 1 saturated heterocycles. The van der Waals surface area contributed by atoms with Crippen molar-refractivity contribution in [1.29, 1.82) is 5.26 Å². The van der Waals surface area contributed by atoms with Gasteiger partial charge in [0.2, 0.25) is 0 Å². The molecule has 0 aromatic heterocycles. The van der Waals surface area contributed by atoms with Crippen LogP contribution in [0.5, 0.6) is 0 Å². The van der Waals surface area contributed by atoms with Gasteiger partial charge in [0.25, 0.3) is 0 Å². The maximum absolute atomic E-state index is 8.90. The second-order valence-electron chi connectivity index (χ2n) is 3.30. The van der Waals surface area contributed by atoms with Gasteiger partial charge >= 0.3 is 0 Å². The zero-order chi connectivity index (χ0) is 9.80. The van der Waals surface area contributed by atoms with Gasteiger partial charge in [-0.2, -0.15) is 5.26 Å². The number of nitriles is 1. The first-order valence-electron chi connectivity index (χ1n) is 4.75. The molecule has 0 aromatic carbocycles. The van der Waals surface area contributed by atoms with Gasteiger partial charge in [0.05, 0.1) is 0 Å². The first-order chi connectivity index (χ1) is 6.92. The Morgan fingerprint density at radius 1 is 1.50 bits per heavy atom. The summed E-state index contributed by atoms with van der Waals surface area (Å²) in [6, 6.07) is 2.13. The Bertz CT molecular complexity index is 295. The summed E-state index contributed by atoms with van der Waals surface area (Å²) in [5, 5.41) is 15.3. The molecule has 2 N–H and O–H groups in total. The number of nitrogens with zero attached hydrogens (tertiary/aromatic N) is 3. The third kappa shape index (κ3) is 1.76. The van der Waals surface area contributed by atoms with E-state index < -0.39 is 0 Å². The normalized spacial score (nSPS) is 27.6. The zero-order valence-corrected chi connectivity index (χ0v) is 7.90. The largest absolute Gasteiger partial charge is 0.369 e. The smallest absolute Gasteiger partial charge is 0.154 e. The van der Waals surface area contributed by atoms with Crippen LogP contribution in [0, 0.1) is 11.3 Å². The molecule has 0 saturated carbocycles. The van der Waals surface area contributed by atoms with Crippen LogP contribution < -0.4 is 10.6 Å². The number of nitrogens with one attached hydrogen (secondary N) is 2. The summed E-state index contributed by atoms with van der Waals surface area (Å²) >= 11 is 0. The first kappa shape index (κ1) is 9.19. The lowest BCUT2D eigenvalue weighted by Crippen LogP contribution is -2.56. The molecule has 2 rings (SSSR count). The molecule has 2 aliphatic rings. The molecule has 0 aliphatic carbocycles. The molecular formula is C9H13N5. The standard InChI is InChI=1S/C9H13N5/c10-7-8-9(13-2-1-12-8)14-5-3-11-4-6-14/h1-2,9,11,13H,3-6H2/t9-/m1/s1. The molecule has 1 fully saturated rings.